The molecule has 0 saturated carbocycles. The van der Waals surface area contributed by atoms with Crippen molar-refractivity contribution < 1.29 is 53.3 Å². The lowest BCUT2D eigenvalue weighted by Gasteiger charge is -2.49. The van der Waals surface area contributed by atoms with E-state index >= 15 is 0 Å². The van der Waals surface area contributed by atoms with Crippen molar-refractivity contribution in [2.75, 3.05) is 43.1 Å². The Morgan fingerprint density at radius 1 is 1.08 bits per heavy atom. The van der Waals surface area contributed by atoms with E-state index in [0.717, 1.165) is 9.91 Å². The molecule has 7 amide bonds. The summed E-state index contributed by atoms with van der Waals surface area (Å²) < 4.78 is 5.43. The molecule has 0 aliphatic carbocycles. The number of nitrogens with zero attached hydrogens (tertiary/aromatic N) is 5. The highest BCUT2D eigenvalue weighted by atomic mass is 32.2. The van der Waals surface area contributed by atoms with Gasteiger partial charge < -0.3 is 36.2 Å². The number of fused-ring (bicyclic) bond motifs is 1. The van der Waals surface area contributed by atoms with Crippen molar-refractivity contribution in [2.24, 2.45) is 5.73 Å². The van der Waals surface area contributed by atoms with Crippen LogP contribution in [0, 0.1) is 6.92 Å². The Labute approximate surface area is 312 Å². The summed E-state index contributed by atoms with van der Waals surface area (Å²) in [5, 5.41) is 34.3. The zero-order chi connectivity index (χ0) is 38.6. The van der Waals surface area contributed by atoms with E-state index < -0.39 is 77.8 Å². The van der Waals surface area contributed by atoms with Crippen molar-refractivity contribution >= 4 is 88.2 Å². The van der Waals surface area contributed by atoms with Gasteiger partial charge in [0, 0.05) is 36.8 Å². The lowest BCUT2D eigenvalue weighted by molar-refractivity contribution is -0.153. The van der Waals surface area contributed by atoms with E-state index in [1.54, 1.807) is 13.8 Å². The van der Waals surface area contributed by atoms with Crippen LogP contribution in [0.3, 0.4) is 0 Å². The lowest BCUT2D eigenvalue weighted by atomic mass is 10.0. The quantitative estimate of drug-likeness (QED) is 0.0869. The number of anilines is 1. The molecule has 0 radical (unpaired) electrons. The van der Waals surface area contributed by atoms with Gasteiger partial charge in [0.2, 0.25) is 5.91 Å². The number of ether oxygens (including phenoxy) is 1. The normalized spacial score (nSPS) is 19.5. The van der Waals surface area contributed by atoms with Gasteiger partial charge in [-0.05, 0) is 37.1 Å². The third-order valence-corrected chi connectivity index (χ3v) is 11.5. The minimum atomic E-state index is -1.54. The maximum atomic E-state index is 13.9. The Morgan fingerprint density at radius 3 is 2.42 bits per heavy atom. The van der Waals surface area contributed by atoms with E-state index in [2.05, 4.69) is 26.1 Å². The Balaban J connectivity index is 1.32. The van der Waals surface area contributed by atoms with Crippen LogP contribution in [0.4, 0.5) is 15.3 Å². The second-order valence-electron chi connectivity index (χ2n) is 11.5. The number of rotatable bonds is 13. The van der Waals surface area contributed by atoms with E-state index in [1.807, 2.05) is 0 Å². The molecule has 53 heavy (non-hydrogen) atoms. The number of aryl methyl sites for hydroxylation is 1. The van der Waals surface area contributed by atoms with Crippen molar-refractivity contribution in [3.8, 4) is 0 Å². The van der Waals surface area contributed by atoms with Gasteiger partial charge in [0.05, 0.1) is 0 Å². The van der Waals surface area contributed by atoms with Crippen LogP contribution in [0.25, 0.3) is 0 Å². The molecule has 5 rings (SSSR count). The minimum absolute atomic E-state index is 0.0742. The second-order valence-corrected chi connectivity index (χ2v) is 15.1. The SMILES string of the molecule is CCN1CCN(C(=O)N[C@@H](C(=O)N[C@@H]2C(=O)N3C(C(=O)O)=C(CSc4nnc(C)s4)CS[C@H]23)c2ccc(NC(=O)OC[C@@H](N)C(=O)O)cc2)C(=O)C1=O. The predicted molar refractivity (Wildman–Crippen MR) is 187 cm³/mol. The number of hydrogen-bond acceptors (Lipinski definition) is 15. The largest absolute Gasteiger partial charge is 0.480 e. The van der Waals surface area contributed by atoms with Crippen LogP contribution < -0.4 is 21.7 Å². The first-order valence-electron chi connectivity index (χ1n) is 15.8. The molecule has 4 atom stereocenters. The Morgan fingerprint density at radius 2 is 1.79 bits per heavy atom. The topological polar surface area (TPSA) is 284 Å². The monoisotopic (exact) mass is 791 g/mol. The average molecular weight is 792 g/mol. The molecule has 4 heterocycles. The van der Waals surface area contributed by atoms with Gasteiger partial charge in [-0.1, -0.05) is 35.2 Å². The van der Waals surface area contributed by atoms with Gasteiger partial charge in [0.1, 0.15) is 40.8 Å². The number of aliphatic carboxylic acids is 2. The molecule has 2 fully saturated rings. The molecule has 0 bridgehead atoms. The summed E-state index contributed by atoms with van der Waals surface area (Å²) in [4.78, 5) is 104. The van der Waals surface area contributed by atoms with E-state index in [9.17, 15) is 43.5 Å². The highest BCUT2D eigenvalue weighted by molar-refractivity contribution is 8.01. The number of carboxylic acids is 2. The van der Waals surface area contributed by atoms with Gasteiger partial charge in [-0.2, -0.15) is 0 Å². The number of likely N-dealkylation sites (N-methyl/N-ethyl adjacent to an activating group) is 1. The molecule has 3 aliphatic heterocycles. The maximum Gasteiger partial charge on any atom is 0.411 e. The van der Waals surface area contributed by atoms with E-state index in [1.165, 1.54) is 64.0 Å². The summed E-state index contributed by atoms with van der Waals surface area (Å²) in [7, 11) is 0. The second kappa shape index (κ2) is 16.6. The van der Waals surface area contributed by atoms with Crippen molar-refractivity contribution in [1.29, 1.82) is 0 Å². The number of benzene rings is 1. The summed E-state index contributed by atoms with van der Waals surface area (Å²) in [6, 6.07) is 0.167. The molecular weight excluding hydrogens is 759 g/mol. The van der Waals surface area contributed by atoms with E-state index in [-0.39, 0.29) is 48.1 Å². The Kier molecular flexibility index (Phi) is 12.2. The van der Waals surface area contributed by atoms with Crippen LogP contribution in [0.5, 0.6) is 0 Å². The molecule has 282 valence electrons. The molecule has 7 N–H and O–H groups in total. The fourth-order valence-corrected chi connectivity index (χ4v) is 8.64. The van der Waals surface area contributed by atoms with E-state index in [0.29, 0.717) is 14.8 Å². The number of carbonyl (C=O) groups excluding carboxylic acids is 6. The van der Waals surface area contributed by atoms with Gasteiger partial charge in [-0.3, -0.25) is 39.1 Å². The van der Waals surface area contributed by atoms with Crippen LogP contribution in [-0.2, 0) is 33.5 Å². The Bertz CT molecular complexity index is 1870. The molecule has 2 aromatic rings. The number of nitrogens with two attached hydrogens (primary N) is 1. The number of nitrogens with one attached hydrogen (secondary N) is 3. The lowest BCUT2D eigenvalue weighted by Crippen LogP contribution is -2.71. The summed E-state index contributed by atoms with van der Waals surface area (Å²) in [6.07, 6.45) is -1.02. The number of carbonyl (C=O) groups is 8. The molecule has 2 saturated heterocycles. The van der Waals surface area contributed by atoms with Gasteiger partial charge in [0.25, 0.3) is 5.91 Å². The number of β-lactam (4-membered cyclic amide) rings is 1. The van der Waals surface area contributed by atoms with Gasteiger partial charge >= 0.3 is 35.9 Å². The first-order valence-corrected chi connectivity index (χ1v) is 18.6. The minimum Gasteiger partial charge on any atom is -0.480 e. The number of imide groups is 1. The van der Waals surface area contributed by atoms with Gasteiger partial charge in [0.15, 0.2) is 4.34 Å². The van der Waals surface area contributed by atoms with Crippen LogP contribution in [0.1, 0.15) is 23.5 Å². The van der Waals surface area contributed by atoms with Gasteiger partial charge in [-0.15, -0.1) is 22.0 Å². The molecular formula is C30H33N9O11S3. The molecule has 0 unspecified atom stereocenters. The van der Waals surface area contributed by atoms with Crippen LogP contribution in [0.15, 0.2) is 39.9 Å². The Hall–Kier alpha value is -5.26. The summed E-state index contributed by atoms with van der Waals surface area (Å²) in [6.45, 7) is 3.04. The highest BCUT2D eigenvalue weighted by Gasteiger charge is 2.54. The van der Waals surface area contributed by atoms with Crippen molar-refractivity contribution in [3.05, 3.63) is 46.1 Å². The molecule has 1 aromatic heterocycles. The molecule has 23 heteroatoms. The molecule has 20 nitrogen and oxygen atoms in total. The highest BCUT2D eigenvalue weighted by Crippen LogP contribution is 2.42. The predicted octanol–water partition coefficient (Wildman–Crippen LogP) is -0.221. The molecule has 3 aliphatic rings. The zero-order valence-electron chi connectivity index (χ0n) is 28.0. The van der Waals surface area contributed by atoms with E-state index in [4.69, 9.17) is 15.6 Å². The first-order chi connectivity index (χ1) is 25.2. The van der Waals surface area contributed by atoms with Gasteiger partial charge in [-0.25, -0.2) is 14.4 Å². The first kappa shape index (κ1) is 39.0. The fraction of sp³-hybridized carbons (Fsp3) is 0.400. The smallest absolute Gasteiger partial charge is 0.411 e. The van der Waals surface area contributed by atoms with Crippen molar-refractivity contribution in [3.63, 3.8) is 0 Å². The number of thioether (sulfide) groups is 2. The molecule has 0 spiro atoms. The standard InChI is InChI=1S/C30H33N9O11S3/c1-3-37-8-9-38(24(43)23(37)42)28(48)34-18(14-4-6-16(7-5-14)32-29(49)50-10-17(31)26(44)45)21(40)33-19-22(41)39-20(27(46)47)15(11-51-25(19)39)12-52-30-36-35-13(2)53-30/h4-7,17-19,25H,3,8-12,31H2,1-2H3,(H,32,49)(H,33,40)(H,34,48)(H,44,45)(H,46,47)/t17-,18-,19-,25-/m1/s1. The molecule has 1 aromatic carbocycles. The third-order valence-electron chi connectivity index (χ3n) is 8.09. The number of piperazine rings is 1. The van der Waals surface area contributed by atoms with Crippen LogP contribution in [0.2, 0.25) is 0 Å². The van der Waals surface area contributed by atoms with Crippen LogP contribution in [-0.4, -0.2) is 138 Å². The fourth-order valence-electron chi connectivity index (χ4n) is 5.34. The van der Waals surface area contributed by atoms with Crippen molar-refractivity contribution in [1.82, 2.24) is 35.5 Å². The summed E-state index contributed by atoms with van der Waals surface area (Å²) in [5.41, 5.74) is 5.91. The number of hydrogen-bond donors (Lipinski definition) is 6. The zero-order valence-corrected chi connectivity index (χ0v) is 30.4. The van der Waals surface area contributed by atoms with Crippen molar-refractivity contribution in [2.45, 2.75) is 41.7 Å². The number of urea groups is 1. The maximum absolute atomic E-state index is 13.9. The number of carboxylic acid groups (broad SMARTS) is 2. The summed E-state index contributed by atoms with van der Waals surface area (Å²) >= 11 is 3.89. The summed E-state index contributed by atoms with van der Waals surface area (Å²) in [5.74, 6) is -5.76. The third kappa shape index (κ3) is 8.69. The number of amides is 7. The van der Waals surface area contributed by atoms with Crippen LogP contribution >= 0.6 is 34.9 Å². The number of aromatic nitrogens is 2. The average Bonchev–Trinajstić information content (AvgIpc) is 3.56.